The van der Waals surface area contributed by atoms with Gasteiger partial charge in [-0.25, -0.2) is 0 Å². The zero-order chi connectivity index (χ0) is 13.9. The van der Waals surface area contributed by atoms with E-state index in [0.29, 0.717) is 5.56 Å². The summed E-state index contributed by atoms with van der Waals surface area (Å²) in [4.78, 5) is 12.0. The van der Waals surface area contributed by atoms with Crippen LogP contribution in [-0.4, -0.2) is 25.9 Å². The lowest BCUT2D eigenvalue weighted by Crippen LogP contribution is -2.11. The highest BCUT2D eigenvalue weighted by molar-refractivity contribution is 6.04. The topological polar surface area (TPSA) is 75.6 Å². The molecule has 1 amide bonds. The third-order valence-corrected chi connectivity index (χ3v) is 2.90. The molecule has 3 rings (SSSR count). The van der Waals surface area contributed by atoms with Gasteiger partial charge < -0.3 is 5.32 Å². The number of aromatic amines is 1. The molecule has 0 unspecified atom stereocenters. The largest absolute Gasteiger partial charge is 0.322 e. The van der Waals surface area contributed by atoms with Crippen molar-refractivity contribution in [2.75, 3.05) is 5.32 Å². The Bertz CT molecular complexity index is 730. The van der Waals surface area contributed by atoms with Crippen molar-refractivity contribution >= 4 is 11.6 Å². The van der Waals surface area contributed by atoms with Crippen molar-refractivity contribution in [1.82, 2.24) is 20.0 Å². The smallest absolute Gasteiger partial charge is 0.258 e. The minimum Gasteiger partial charge on any atom is -0.322 e. The van der Waals surface area contributed by atoms with Crippen molar-refractivity contribution < 1.29 is 4.79 Å². The predicted octanol–water partition coefficient (Wildman–Crippen LogP) is 2.06. The molecule has 2 N–H and O–H groups in total. The first-order valence-corrected chi connectivity index (χ1v) is 6.12. The molecule has 2 aromatic heterocycles. The first-order chi connectivity index (χ1) is 9.72. The summed E-state index contributed by atoms with van der Waals surface area (Å²) in [6, 6.07) is 9.44. The van der Waals surface area contributed by atoms with Crippen LogP contribution in [0.15, 0.2) is 48.9 Å². The lowest BCUT2D eigenvalue weighted by Gasteiger charge is -2.05. The lowest BCUT2D eigenvalue weighted by molar-refractivity contribution is 0.102. The van der Waals surface area contributed by atoms with Crippen molar-refractivity contribution in [3.63, 3.8) is 0 Å². The normalized spacial score (nSPS) is 10.4. The Morgan fingerprint density at radius 1 is 1.35 bits per heavy atom. The van der Waals surface area contributed by atoms with E-state index in [1.807, 2.05) is 30.3 Å². The van der Waals surface area contributed by atoms with Crippen LogP contribution in [0.3, 0.4) is 0 Å². The number of hydrogen-bond donors (Lipinski definition) is 2. The predicted molar refractivity (Wildman–Crippen MR) is 75.2 cm³/mol. The molecule has 0 saturated heterocycles. The van der Waals surface area contributed by atoms with E-state index >= 15 is 0 Å². The summed E-state index contributed by atoms with van der Waals surface area (Å²) in [5.74, 6) is -0.181. The molecule has 6 heteroatoms. The minimum atomic E-state index is -0.181. The van der Waals surface area contributed by atoms with Crippen molar-refractivity contribution in [2.45, 2.75) is 0 Å². The Labute approximate surface area is 115 Å². The second-order valence-electron chi connectivity index (χ2n) is 4.41. The number of nitrogens with one attached hydrogen (secondary N) is 2. The molecule has 1 aromatic carbocycles. The van der Waals surface area contributed by atoms with Crippen molar-refractivity contribution in [2.24, 2.45) is 7.05 Å². The molecule has 0 aliphatic heterocycles. The van der Waals surface area contributed by atoms with Crippen molar-refractivity contribution in [3.8, 4) is 11.3 Å². The summed E-state index contributed by atoms with van der Waals surface area (Å²) in [7, 11) is 1.77. The number of rotatable bonds is 3. The third-order valence-electron chi connectivity index (χ3n) is 2.90. The highest BCUT2D eigenvalue weighted by Crippen LogP contribution is 2.20. The second-order valence-corrected chi connectivity index (χ2v) is 4.41. The maximum absolute atomic E-state index is 12.0. The Kier molecular flexibility index (Phi) is 3.04. The maximum atomic E-state index is 12.0. The Balaban J connectivity index is 1.81. The fraction of sp³-hybridized carbons (Fsp3) is 0.0714. The molecule has 6 nitrogen and oxygen atoms in total. The summed E-state index contributed by atoms with van der Waals surface area (Å²) in [6.45, 7) is 0. The molecule has 0 saturated carbocycles. The van der Waals surface area contributed by atoms with E-state index in [1.54, 1.807) is 24.1 Å². The molecule has 20 heavy (non-hydrogen) atoms. The number of benzene rings is 1. The first kappa shape index (κ1) is 12.2. The summed E-state index contributed by atoms with van der Waals surface area (Å²) in [6.07, 6.45) is 4.90. The van der Waals surface area contributed by atoms with Crippen LogP contribution < -0.4 is 5.32 Å². The van der Waals surface area contributed by atoms with Gasteiger partial charge in [0.15, 0.2) is 0 Å². The number of carbonyl (C=O) groups is 1. The van der Waals surface area contributed by atoms with Gasteiger partial charge in [-0.1, -0.05) is 12.1 Å². The van der Waals surface area contributed by atoms with E-state index in [0.717, 1.165) is 16.9 Å². The Morgan fingerprint density at radius 2 is 2.25 bits per heavy atom. The Hall–Kier alpha value is -2.89. The van der Waals surface area contributed by atoms with Crippen LogP contribution in [0.2, 0.25) is 0 Å². The summed E-state index contributed by atoms with van der Waals surface area (Å²) in [5, 5.41) is 13.6. The molecule has 0 spiro atoms. The summed E-state index contributed by atoms with van der Waals surface area (Å²) < 4.78 is 1.59. The number of nitrogens with zero attached hydrogens (tertiary/aromatic N) is 3. The number of carbonyl (C=O) groups excluding carboxylic acids is 1. The van der Waals surface area contributed by atoms with Crippen LogP contribution >= 0.6 is 0 Å². The number of anilines is 1. The van der Waals surface area contributed by atoms with Gasteiger partial charge in [-0.15, -0.1) is 0 Å². The summed E-state index contributed by atoms with van der Waals surface area (Å²) >= 11 is 0. The molecule has 0 bridgehead atoms. The summed E-state index contributed by atoms with van der Waals surface area (Å²) in [5.41, 5.74) is 3.12. The molecular weight excluding hydrogens is 254 g/mol. The van der Waals surface area contributed by atoms with Gasteiger partial charge in [0.25, 0.3) is 5.91 Å². The van der Waals surface area contributed by atoms with Crippen molar-refractivity contribution in [3.05, 3.63) is 54.5 Å². The van der Waals surface area contributed by atoms with Gasteiger partial charge >= 0.3 is 0 Å². The van der Waals surface area contributed by atoms with E-state index in [1.165, 1.54) is 6.20 Å². The molecule has 3 aromatic rings. The van der Waals surface area contributed by atoms with Crippen LogP contribution in [0.25, 0.3) is 11.3 Å². The van der Waals surface area contributed by atoms with Gasteiger partial charge in [0.05, 0.1) is 17.5 Å². The van der Waals surface area contributed by atoms with Crippen molar-refractivity contribution in [1.29, 1.82) is 0 Å². The highest BCUT2D eigenvalue weighted by atomic mass is 16.1. The van der Waals surface area contributed by atoms with Gasteiger partial charge in [-0.3, -0.25) is 14.6 Å². The van der Waals surface area contributed by atoms with Crippen LogP contribution in [0.4, 0.5) is 5.69 Å². The van der Waals surface area contributed by atoms with Crippen LogP contribution in [0.5, 0.6) is 0 Å². The minimum absolute atomic E-state index is 0.181. The van der Waals surface area contributed by atoms with Crippen LogP contribution in [-0.2, 0) is 7.05 Å². The first-order valence-electron chi connectivity index (χ1n) is 6.12. The van der Waals surface area contributed by atoms with Gasteiger partial charge in [0, 0.05) is 30.7 Å². The quantitative estimate of drug-likeness (QED) is 0.762. The standard InChI is InChI=1S/C14H13N5O/c1-19-9-11(8-16-19)14(20)17-12-4-2-3-10(7-12)13-5-6-15-18-13/h2-9H,1H3,(H,15,18)(H,17,20). The molecule has 0 aliphatic carbocycles. The highest BCUT2D eigenvalue weighted by Gasteiger charge is 2.08. The van der Waals surface area contributed by atoms with E-state index in [-0.39, 0.29) is 5.91 Å². The van der Waals surface area contributed by atoms with Crippen LogP contribution in [0.1, 0.15) is 10.4 Å². The van der Waals surface area contributed by atoms with E-state index < -0.39 is 0 Å². The fourth-order valence-electron chi connectivity index (χ4n) is 1.92. The lowest BCUT2D eigenvalue weighted by atomic mass is 10.1. The number of aryl methyl sites for hydroxylation is 1. The molecule has 2 heterocycles. The number of aromatic nitrogens is 4. The fourth-order valence-corrected chi connectivity index (χ4v) is 1.92. The second kappa shape index (κ2) is 5.00. The van der Waals surface area contributed by atoms with E-state index in [4.69, 9.17) is 0 Å². The average Bonchev–Trinajstić information content (AvgIpc) is 3.10. The molecular formula is C14H13N5O. The maximum Gasteiger partial charge on any atom is 0.258 e. The average molecular weight is 267 g/mol. The Morgan fingerprint density at radius 3 is 2.95 bits per heavy atom. The third kappa shape index (κ3) is 2.44. The zero-order valence-electron chi connectivity index (χ0n) is 10.9. The van der Waals surface area contributed by atoms with Gasteiger partial charge in [-0.05, 0) is 18.2 Å². The number of H-pyrrole nitrogens is 1. The molecule has 0 aliphatic rings. The molecule has 0 radical (unpaired) electrons. The van der Waals surface area contributed by atoms with E-state index in [2.05, 4.69) is 20.6 Å². The van der Waals surface area contributed by atoms with Crippen LogP contribution in [0, 0.1) is 0 Å². The number of amides is 1. The zero-order valence-corrected chi connectivity index (χ0v) is 10.9. The SMILES string of the molecule is Cn1cc(C(=O)Nc2cccc(-c3ccn[nH]3)c2)cn1. The van der Waals surface area contributed by atoms with Gasteiger partial charge in [0.1, 0.15) is 0 Å². The van der Waals surface area contributed by atoms with E-state index in [9.17, 15) is 4.79 Å². The molecule has 0 fully saturated rings. The van der Waals surface area contributed by atoms with Gasteiger partial charge in [-0.2, -0.15) is 10.2 Å². The van der Waals surface area contributed by atoms with Gasteiger partial charge in [0.2, 0.25) is 0 Å². The monoisotopic (exact) mass is 267 g/mol. The molecule has 0 atom stereocenters. The molecule has 100 valence electrons. The number of hydrogen-bond acceptors (Lipinski definition) is 3.